The Kier molecular flexibility index (Phi) is 5.93. The number of carboxylic acid groups (broad SMARTS) is 1. The number of hydrogen-bond donors (Lipinski definition) is 2. The van der Waals surface area contributed by atoms with Crippen molar-refractivity contribution in [3.05, 3.63) is 0 Å². The Balaban J connectivity index is 4.38. The summed E-state index contributed by atoms with van der Waals surface area (Å²) < 4.78 is 0. The first kappa shape index (κ1) is 13.9. The molecule has 0 saturated carbocycles. The molecule has 0 aliphatic carbocycles. The number of nitrogens with zero attached hydrogens (tertiary/aromatic N) is 1. The molecule has 2 N–H and O–H groups in total. The number of rotatable bonds is 6. The van der Waals surface area contributed by atoms with Gasteiger partial charge in [0.1, 0.15) is 0 Å². The van der Waals surface area contributed by atoms with Crippen LogP contribution in [0.4, 0.5) is 0 Å². The second kappa shape index (κ2) is 6.40. The summed E-state index contributed by atoms with van der Waals surface area (Å²) in [6, 6.07) is -0.256. The molecule has 0 bridgehead atoms. The normalized spacial score (nSPS) is 12.6. The van der Waals surface area contributed by atoms with Gasteiger partial charge in [-0.1, -0.05) is 0 Å². The zero-order valence-electron chi connectivity index (χ0n) is 9.78. The molecule has 0 radical (unpaired) electrons. The van der Waals surface area contributed by atoms with Gasteiger partial charge in [0, 0.05) is 12.6 Å². The molecule has 0 aliphatic rings. The van der Waals surface area contributed by atoms with Crippen LogP contribution in [0, 0.1) is 0 Å². The first-order chi connectivity index (χ1) is 6.90. The Morgan fingerprint density at radius 3 is 2.20 bits per heavy atom. The number of carboxylic acids is 1. The molecule has 0 rings (SSSR count). The molecule has 0 fully saturated rings. The van der Waals surface area contributed by atoms with E-state index in [0.717, 1.165) is 0 Å². The minimum absolute atomic E-state index is 0.0135. The fraction of sp³-hybridized carbons (Fsp3) is 0.800. The third-order valence-electron chi connectivity index (χ3n) is 2.28. The van der Waals surface area contributed by atoms with Gasteiger partial charge in [-0.05, 0) is 27.8 Å². The van der Waals surface area contributed by atoms with E-state index in [4.69, 9.17) is 5.11 Å². The van der Waals surface area contributed by atoms with Crippen molar-refractivity contribution in [3.8, 4) is 0 Å². The lowest BCUT2D eigenvalue weighted by atomic mass is 10.2. The quantitative estimate of drug-likeness (QED) is 0.670. The van der Waals surface area contributed by atoms with Gasteiger partial charge >= 0.3 is 5.97 Å². The SMILES string of the molecule is CNC(C)C(=O)N(CCC(=O)O)C(C)C. The number of amides is 1. The van der Waals surface area contributed by atoms with Crippen molar-refractivity contribution in [2.45, 2.75) is 39.3 Å². The van der Waals surface area contributed by atoms with Gasteiger partial charge in [-0.3, -0.25) is 9.59 Å². The molecule has 0 spiro atoms. The maximum absolute atomic E-state index is 11.8. The van der Waals surface area contributed by atoms with E-state index < -0.39 is 5.97 Å². The molecule has 0 aromatic carbocycles. The van der Waals surface area contributed by atoms with Gasteiger partial charge in [0.05, 0.1) is 12.5 Å². The van der Waals surface area contributed by atoms with Gasteiger partial charge in [-0.2, -0.15) is 0 Å². The average molecular weight is 216 g/mol. The Morgan fingerprint density at radius 2 is 1.87 bits per heavy atom. The minimum Gasteiger partial charge on any atom is -0.481 e. The van der Waals surface area contributed by atoms with E-state index >= 15 is 0 Å². The van der Waals surface area contributed by atoms with Gasteiger partial charge in [-0.25, -0.2) is 0 Å². The zero-order valence-corrected chi connectivity index (χ0v) is 9.78. The van der Waals surface area contributed by atoms with E-state index in [-0.39, 0.29) is 31.0 Å². The maximum Gasteiger partial charge on any atom is 0.305 e. The molecule has 5 nitrogen and oxygen atoms in total. The molecule has 1 amide bonds. The Morgan fingerprint density at radius 1 is 1.33 bits per heavy atom. The highest BCUT2D eigenvalue weighted by Gasteiger charge is 2.21. The number of likely N-dealkylation sites (N-methyl/N-ethyl adjacent to an activating group) is 1. The standard InChI is InChI=1S/C10H20N2O3/c1-7(2)12(6-5-9(13)14)10(15)8(3)11-4/h7-8,11H,5-6H2,1-4H3,(H,13,14). The highest BCUT2D eigenvalue weighted by atomic mass is 16.4. The minimum atomic E-state index is -0.884. The molecular formula is C10H20N2O3. The van der Waals surface area contributed by atoms with Crippen molar-refractivity contribution in [2.24, 2.45) is 0 Å². The Hall–Kier alpha value is -1.10. The fourth-order valence-corrected chi connectivity index (χ4v) is 1.21. The summed E-state index contributed by atoms with van der Waals surface area (Å²) in [6.07, 6.45) is -0.0135. The molecule has 0 aromatic heterocycles. The summed E-state index contributed by atoms with van der Waals surface area (Å²) >= 11 is 0. The molecule has 0 heterocycles. The van der Waals surface area contributed by atoms with Gasteiger partial charge in [-0.15, -0.1) is 0 Å². The van der Waals surface area contributed by atoms with Crippen LogP contribution in [0.3, 0.4) is 0 Å². The van der Waals surface area contributed by atoms with Crippen molar-refractivity contribution in [3.63, 3.8) is 0 Å². The molecule has 0 aromatic rings. The van der Waals surface area contributed by atoms with Gasteiger partial charge in [0.15, 0.2) is 0 Å². The average Bonchev–Trinajstić information content (AvgIpc) is 2.15. The number of carbonyl (C=O) groups excluding carboxylic acids is 1. The van der Waals surface area contributed by atoms with E-state index in [0.29, 0.717) is 0 Å². The van der Waals surface area contributed by atoms with Crippen molar-refractivity contribution in [1.82, 2.24) is 10.2 Å². The summed E-state index contributed by atoms with van der Waals surface area (Å²) in [5.74, 6) is -0.945. The lowest BCUT2D eigenvalue weighted by Crippen LogP contribution is -2.47. The molecule has 1 atom stereocenters. The van der Waals surface area contributed by atoms with E-state index in [1.54, 1.807) is 18.9 Å². The molecule has 5 heteroatoms. The summed E-state index contributed by atoms with van der Waals surface area (Å²) in [7, 11) is 1.71. The zero-order chi connectivity index (χ0) is 12.0. The second-order valence-electron chi connectivity index (χ2n) is 3.78. The summed E-state index contributed by atoms with van der Waals surface area (Å²) in [4.78, 5) is 23.8. The molecule has 1 unspecified atom stereocenters. The Labute approximate surface area is 90.5 Å². The number of aliphatic carboxylic acids is 1. The predicted octanol–water partition coefficient (Wildman–Crippen LogP) is 0.306. The van der Waals surface area contributed by atoms with Crippen LogP contribution in [0.1, 0.15) is 27.2 Å². The third-order valence-corrected chi connectivity index (χ3v) is 2.28. The maximum atomic E-state index is 11.8. The van der Waals surface area contributed by atoms with Gasteiger partial charge in [0.2, 0.25) is 5.91 Å². The monoisotopic (exact) mass is 216 g/mol. The topological polar surface area (TPSA) is 69.6 Å². The molecular weight excluding hydrogens is 196 g/mol. The molecule has 88 valence electrons. The van der Waals surface area contributed by atoms with Gasteiger partial charge < -0.3 is 15.3 Å². The van der Waals surface area contributed by atoms with Crippen LogP contribution < -0.4 is 5.32 Å². The Bertz CT molecular complexity index is 229. The van der Waals surface area contributed by atoms with Crippen LogP contribution in [0.25, 0.3) is 0 Å². The first-order valence-corrected chi connectivity index (χ1v) is 5.09. The van der Waals surface area contributed by atoms with E-state index in [9.17, 15) is 9.59 Å². The molecule has 0 saturated heterocycles. The number of carbonyl (C=O) groups is 2. The number of nitrogens with one attached hydrogen (secondary N) is 1. The highest BCUT2D eigenvalue weighted by Crippen LogP contribution is 2.03. The highest BCUT2D eigenvalue weighted by molar-refractivity contribution is 5.82. The van der Waals surface area contributed by atoms with Crippen molar-refractivity contribution >= 4 is 11.9 Å². The van der Waals surface area contributed by atoms with Crippen LogP contribution in [-0.4, -0.2) is 47.6 Å². The van der Waals surface area contributed by atoms with E-state index in [1.807, 2.05) is 13.8 Å². The van der Waals surface area contributed by atoms with Crippen molar-refractivity contribution < 1.29 is 14.7 Å². The second-order valence-corrected chi connectivity index (χ2v) is 3.78. The van der Waals surface area contributed by atoms with Crippen molar-refractivity contribution in [1.29, 1.82) is 0 Å². The molecule has 0 aliphatic heterocycles. The predicted molar refractivity (Wildman–Crippen MR) is 57.6 cm³/mol. The van der Waals surface area contributed by atoms with E-state index in [2.05, 4.69) is 5.32 Å². The third kappa shape index (κ3) is 4.78. The summed E-state index contributed by atoms with van der Waals surface area (Å²) in [5, 5.41) is 11.4. The first-order valence-electron chi connectivity index (χ1n) is 5.09. The molecule has 15 heavy (non-hydrogen) atoms. The fourth-order valence-electron chi connectivity index (χ4n) is 1.21. The van der Waals surface area contributed by atoms with Crippen LogP contribution in [0.2, 0.25) is 0 Å². The summed E-state index contributed by atoms with van der Waals surface area (Å²) in [5.41, 5.74) is 0. The summed E-state index contributed by atoms with van der Waals surface area (Å²) in [6.45, 7) is 5.78. The largest absolute Gasteiger partial charge is 0.481 e. The lowest BCUT2D eigenvalue weighted by molar-refractivity contribution is -0.139. The van der Waals surface area contributed by atoms with Crippen molar-refractivity contribution in [2.75, 3.05) is 13.6 Å². The van der Waals surface area contributed by atoms with Crippen LogP contribution >= 0.6 is 0 Å². The van der Waals surface area contributed by atoms with Crippen LogP contribution in [0.15, 0.2) is 0 Å². The van der Waals surface area contributed by atoms with Crippen LogP contribution in [0.5, 0.6) is 0 Å². The van der Waals surface area contributed by atoms with Gasteiger partial charge in [0.25, 0.3) is 0 Å². The lowest BCUT2D eigenvalue weighted by Gasteiger charge is -2.28. The smallest absolute Gasteiger partial charge is 0.305 e. The van der Waals surface area contributed by atoms with E-state index in [1.165, 1.54) is 0 Å². The number of hydrogen-bond acceptors (Lipinski definition) is 3. The van der Waals surface area contributed by atoms with Crippen LogP contribution in [-0.2, 0) is 9.59 Å².